The highest BCUT2D eigenvalue weighted by molar-refractivity contribution is 6.07. The molecule has 34 heavy (non-hydrogen) atoms. The fraction of sp³-hybridized carbons (Fsp3) is 0.360. The maximum atomic E-state index is 12.6. The SMILES string of the molecule is Cn1ccnc1C(=O)c1ccc(NCCCN2CCN(Cc3ccccc3)CC2)c([N+](=O)[O-])c1. The van der Waals surface area contributed by atoms with Gasteiger partial charge in [-0.25, -0.2) is 4.98 Å². The smallest absolute Gasteiger partial charge is 0.293 e. The molecule has 0 bridgehead atoms. The molecule has 1 aliphatic rings. The summed E-state index contributed by atoms with van der Waals surface area (Å²) < 4.78 is 1.60. The molecule has 0 spiro atoms. The molecule has 0 aliphatic carbocycles. The molecule has 178 valence electrons. The van der Waals surface area contributed by atoms with E-state index in [1.165, 1.54) is 17.8 Å². The minimum Gasteiger partial charge on any atom is -0.379 e. The Labute approximate surface area is 199 Å². The summed E-state index contributed by atoms with van der Waals surface area (Å²) in [6.45, 7) is 6.68. The van der Waals surface area contributed by atoms with Gasteiger partial charge < -0.3 is 14.8 Å². The van der Waals surface area contributed by atoms with Gasteiger partial charge in [0, 0.05) is 70.3 Å². The predicted octanol–water partition coefficient (Wildman–Crippen LogP) is 3.18. The first-order chi connectivity index (χ1) is 16.5. The van der Waals surface area contributed by atoms with Gasteiger partial charge in [-0.2, -0.15) is 0 Å². The van der Waals surface area contributed by atoms with Gasteiger partial charge in [-0.05, 0) is 30.7 Å². The van der Waals surface area contributed by atoms with Crippen LogP contribution < -0.4 is 5.32 Å². The third kappa shape index (κ3) is 5.86. The van der Waals surface area contributed by atoms with Crippen molar-refractivity contribution in [1.82, 2.24) is 19.4 Å². The number of anilines is 1. The Morgan fingerprint density at radius 2 is 1.82 bits per heavy atom. The lowest BCUT2D eigenvalue weighted by atomic mass is 10.1. The lowest BCUT2D eigenvalue weighted by Crippen LogP contribution is -2.46. The van der Waals surface area contributed by atoms with Gasteiger partial charge in [-0.1, -0.05) is 30.3 Å². The van der Waals surface area contributed by atoms with E-state index in [-0.39, 0.29) is 22.9 Å². The molecule has 1 saturated heterocycles. The maximum absolute atomic E-state index is 12.6. The largest absolute Gasteiger partial charge is 0.379 e. The van der Waals surface area contributed by atoms with Crippen LogP contribution in [0.1, 0.15) is 28.2 Å². The van der Waals surface area contributed by atoms with E-state index in [1.807, 2.05) is 6.07 Å². The standard InChI is InChI=1S/C25H30N6O3/c1-28-13-11-27-25(28)24(32)21-8-9-22(23(18-21)31(33)34)26-10-5-12-29-14-16-30(17-15-29)19-20-6-3-2-4-7-20/h2-4,6-9,11,13,18,26H,5,10,12,14-17,19H2,1H3. The Morgan fingerprint density at radius 3 is 2.50 bits per heavy atom. The molecule has 2 aromatic carbocycles. The van der Waals surface area contributed by atoms with E-state index in [2.05, 4.69) is 44.4 Å². The van der Waals surface area contributed by atoms with Crippen LogP contribution in [0.4, 0.5) is 11.4 Å². The summed E-state index contributed by atoms with van der Waals surface area (Å²) in [4.78, 5) is 32.7. The number of nitro groups is 1. The Kier molecular flexibility index (Phi) is 7.66. The molecule has 0 saturated carbocycles. The fourth-order valence-electron chi connectivity index (χ4n) is 4.23. The molecule has 1 fully saturated rings. The number of hydrogen-bond donors (Lipinski definition) is 1. The normalized spacial score (nSPS) is 14.7. The molecule has 0 amide bonds. The summed E-state index contributed by atoms with van der Waals surface area (Å²) in [6, 6.07) is 15.1. The third-order valence-corrected chi connectivity index (χ3v) is 6.16. The van der Waals surface area contributed by atoms with E-state index in [4.69, 9.17) is 0 Å². The summed E-state index contributed by atoms with van der Waals surface area (Å²) in [7, 11) is 1.72. The van der Waals surface area contributed by atoms with Gasteiger partial charge in [-0.15, -0.1) is 0 Å². The zero-order chi connectivity index (χ0) is 23.9. The molecule has 0 radical (unpaired) electrons. The van der Waals surface area contributed by atoms with Crippen molar-refractivity contribution in [1.29, 1.82) is 0 Å². The number of imidazole rings is 1. The number of hydrogen-bond acceptors (Lipinski definition) is 7. The van der Waals surface area contributed by atoms with Gasteiger partial charge in [0.1, 0.15) is 5.69 Å². The number of nitrogens with zero attached hydrogens (tertiary/aromatic N) is 5. The van der Waals surface area contributed by atoms with Crippen molar-refractivity contribution >= 4 is 17.2 Å². The maximum Gasteiger partial charge on any atom is 0.293 e. The number of nitrogens with one attached hydrogen (secondary N) is 1. The van der Waals surface area contributed by atoms with E-state index < -0.39 is 4.92 Å². The Balaban J connectivity index is 1.25. The third-order valence-electron chi connectivity index (χ3n) is 6.16. The Hall–Kier alpha value is -3.56. The zero-order valence-electron chi connectivity index (χ0n) is 19.4. The lowest BCUT2D eigenvalue weighted by molar-refractivity contribution is -0.384. The minimum atomic E-state index is -0.455. The predicted molar refractivity (Wildman–Crippen MR) is 131 cm³/mol. The number of rotatable bonds is 10. The number of benzene rings is 2. The van der Waals surface area contributed by atoms with E-state index in [0.717, 1.165) is 45.7 Å². The number of nitro benzene ring substituents is 1. The van der Waals surface area contributed by atoms with Crippen molar-refractivity contribution in [3.63, 3.8) is 0 Å². The minimum absolute atomic E-state index is 0.102. The number of aryl methyl sites for hydroxylation is 1. The van der Waals surface area contributed by atoms with Crippen molar-refractivity contribution in [2.45, 2.75) is 13.0 Å². The van der Waals surface area contributed by atoms with Gasteiger partial charge in [0.2, 0.25) is 5.78 Å². The van der Waals surface area contributed by atoms with E-state index in [9.17, 15) is 14.9 Å². The molecule has 3 aromatic rings. The average molecular weight is 463 g/mol. The van der Waals surface area contributed by atoms with Crippen molar-refractivity contribution in [2.75, 3.05) is 44.6 Å². The first-order valence-electron chi connectivity index (χ1n) is 11.5. The molecule has 2 heterocycles. The molecule has 4 rings (SSSR count). The van der Waals surface area contributed by atoms with Crippen molar-refractivity contribution < 1.29 is 9.72 Å². The number of ketones is 1. The molecule has 1 aromatic heterocycles. The monoisotopic (exact) mass is 462 g/mol. The van der Waals surface area contributed by atoms with Crippen LogP contribution in [0.25, 0.3) is 0 Å². The van der Waals surface area contributed by atoms with Crippen LogP contribution in [0, 0.1) is 10.1 Å². The van der Waals surface area contributed by atoms with Gasteiger partial charge in [0.05, 0.1) is 4.92 Å². The Morgan fingerprint density at radius 1 is 1.09 bits per heavy atom. The summed E-state index contributed by atoms with van der Waals surface area (Å²) >= 11 is 0. The second kappa shape index (κ2) is 11.0. The highest BCUT2D eigenvalue weighted by atomic mass is 16.6. The quantitative estimate of drug-likeness (QED) is 0.214. The second-order valence-corrected chi connectivity index (χ2v) is 8.56. The molecular formula is C25H30N6O3. The summed E-state index contributed by atoms with van der Waals surface area (Å²) in [5.74, 6) is -0.0903. The van der Waals surface area contributed by atoms with Crippen LogP contribution in [-0.4, -0.2) is 69.3 Å². The lowest BCUT2D eigenvalue weighted by Gasteiger charge is -2.34. The number of carbonyl (C=O) groups excluding carboxylic acids is 1. The first-order valence-corrected chi connectivity index (χ1v) is 11.5. The molecule has 1 aliphatic heterocycles. The average Bonchev–Trinajstić information content (AvgIpc) is 3.28. The summed E-state index contributed by atoms with van der Waals surface area (Å²) in [5.41, 5.74) is 1.91. The fourth-order valence-corrected chi connectivity index (χ4v) is 4.23. The van der Waals surface area contributed by atoms with Crippen LogP contribution in [0.2, 0.25) is 0 Å². The van der Waals surface area contributed by atoms with Gasteiger partial charge >= 0.3 is 0 Å². The van der Waals surface area contributed by atoms with Crippen LogP contribution in [0.3, 0.4) is 0 Å². The van der Waals surface area contributed by atoms with Gasteiger partial charge in [0.15, 0.2) is 5.82 Å². The van der Waals surface area contributed by atoms with E-state index in [0.29, 0.717) is 12.2 Å². The number of aromatic nitrogens is 2. The molecule has 0 atom stereocenters. The van der Waals surface area contributed by atoms with Crippen LogP contribution in [0.5, 0.6) is 0 Å². The van der Waals surface area contributed by atoms with Crippen molar-refractivity contribution in [3.8, 4) is 0 Å². The zero-order valence-corrected chi connectivity index (χ0v) is 19.4. The van der Waals surface area contributed by atoms with Gasteiger partial charge in [-0.3, -0.25) is 19.8 Å². The topological polar surface area (TPSA) is 96.5 Å². The molecular weight excluding hydrogens is 432 g/mol. The summed E-state index contributed by atoms with van der Waals surface area (Å²) in [5, 5.41) is 14.8. The first kappa shape index (κ1) is 23.6. The Bertz CT molecular complexity index is 1120. The molecule has 0 unspecified atom stereocenters. The van der Waals surface area contributed by atoms with E-state index in [1.54, 1.807) is 29.9 Å². The summed E-state index contributed by atoms with van der Waals surface area (Å²) in [6.07, 6.45) is 4.07. The highest BCUT2D eigenvalue weighted by Gasteiger charge is 2.21. The van der Waals surface area contributed by atoms with Crippen molar-refractivity contribution in [2.24, 2.45) is 7.05 Å². The van der Waals surface area contributed by atoms with Crippen LogP contribution in [0.15, 0.2) is 60.9 Å². The van der Waals surface area contributed by atoms with Gasteiger partial charge in [0.25, 0.3) is 5.69 Å². The van der Waals surface area contributed by atoms with E-state index >= 15 is 0 Å². The molecule has 9 heteroatoms. The second-order valence-electron chi connectivity index (χ2n) is 8.56. The molecule has 9 nitrogen and oxygen atoms in total. The van der Waals surface area contributed by atoms with Crippen LogP contribution in [-0.2, 0) is 13.6 Å². The highest BCUT2D eigenvalue weighted by Crippen LogP contribution is 2.26. The van der Waals surface area contributed by atoms with Crippen LogP contribution >= 0.6 is 0 Å². The molecule has 1 N–H and O–H groups in total. The van der Waals surface area contributed by atoms with Crippen molar-refractivity contribution in [3.05, 3.63) is 88.0 Å². The number of carbonyl (C=O) groups is 1. The number of piperazine rings is 1.